The summed E-state index contributed by atoms with van der Waals surface area (Å²) in [6.45, 7) is 5.32. The van der Waals surface area contributed by atoms with Crippen molar-refractivity contribution in [2.75, 3.05) is 23.3 Å². The van der Waals surface area contributed by atoms with E-state index >= 15 is 0 Å². The fourth-order valence-electron chi connectivity index (χ4n) is 5.21. The van der Waals surface area contributed by atoms with Gasteiger partial charge >= 0.3 is 0 Å². The molecule has 3 aromatic rings. The molecular formula is C28H28ClN5O. The summed E-state index contributed by atoms with van der Waals surface area (Å²) in [5.41, 5.74) is 12.0. The number of piperidine rings is 1. The quantitative estimate of drug-likeness (QED) is 0.337. The molecule has 0 saturated carbocycles. The van der Waals surface area contributed by atoms with E-state index in [1.54, 1.807) is 6.92 Å². The van der Waals surface area contributed by atoms with E-state index < -0.39 is 5.41 Å². The number of halogens is 1. The summed E-state index contributed by atoms with van der Waals surface area (Å²) < 4.78 is 0. The average Bonchev–Trinajstić information content (AvgIpc) is 3.10. The number of carbonyl (C=O) groups is 1. The number of hydrogen-bond acceptors (Lipinski definition) is 3. The Morgan fingerprint density at radius 3 is 2.49 bits per heavy atom. The molecular weight excluding hydrogens is 458 g/mol. The number of fused-ring (bicyclic) bond motifs is 2. The summed E-state index contributed by atoms with van der Waals surface area (Å²) in [7, 11) is 0. The van der Waals surface area contributed by atoms with Gasteiger partial charge in [-0.05, 0) is 85.3 Å². The number of amides is 1. The third-order valence-electron chi connectivity index (χ3n) is 7.14. The van der Waals surface area contributed by atoms with E-state index in [9.17, 15) is 4.79 Å². The molecule has 2 aliphatic heterocycles. The molecule has 178 valence electrons. The lowest BCUT2D eigenvalue weighted by Gasteiger charge is -2.39. The molecule has 0 radical (unpaired) electrons. The first-order valence-electron chi connectivity index (χ1n) is 11.7. The third kappa shape index (κ3) is 4.19. The monoisotopic (exact) mass is 485 g/mol. The Hall–Kier alpha value is -3.64. The maximum atomic E-state index is 13.3. The van der Waals surface area contributed by atoms with E-state index in [0.29, 0.717) is 11.4 Å². The standard InChI is InChI=1S/C28H28ClN5O/c1-17-3-4-20(26(31)32-18(2)30)15-23(17)19-5-10-24-25(16-19)33-27(35)28(24)11-13-34(14-12-28)22-8-6-21(29)7-9-22/h3-10,15-16H,11-14H2,1-2H3,(H,33,35)(H3,30,31,32). The molecule has 6 nitrogen and oxygen atoms in total. The summed E-state index contributed by atoms with van der Waals surface area (Å²) in [6.07, 6.45) is 1.52. The molecule has 2 heterocycles. The Morgan fingerprint density at radius 1 is 1.09 bits per heavy atom. The van der Waals surface area contributed by atoms with Crippen molar-refractivity contribution in [3.8, 4) is 11.1 Å². The van der Waals surface area contributed by atoms with E-state index in [2.05, 4.69) is 33.4 Å². The van der Waals surface area contributed by atoms with Crippen LogP contribution in [-0.4, -0.2) is 30.7 Å². The van der Waals surface area contributed by atoms with Crippen LogP contribution in [0.2, 0.25) is 5.02 Å². The van der Waals surface area contributed by atoms with Crippen LogP contribution in [0.3, 0.4) is 0 Å². The fraction of sp³-hybridized carbons (Fsp3) is 0.250. The van der Waals surface area contributed by atoms with E-state index in [0.717, 1.165) is 64.6 Å². The molecule has 1 fully saturated rings. The average molecular weight is 486 g/mol. The lowest BCUT2D eigenvalue weighted by molar-refractivity contribution is -0.121. The van der Waals surface area contributed by atoms with Gasteiger partial charge in [-0.1, -0.05) is 35.9 Å². The van der Waals surface area contributed by atoms with Gasteiger partial charge in [0.1, 0.15) is 0 Å². The molecule has 0 aliphatic carbocycles. The van der Waals surface area contributed by atoms with Crippen molar-refractivity contribution in [2.45, 2.75) is 32.1 Å². The number of nitrogens with zero attached hydrogens (tertiary/aromatic N) is 2. The van der Waals surface area contributed by atoms with Gasteiger partial charge in [0, 0.05) is 35.1 Å². The van der Waals surface area contributed by atoms with Crippen LogP contribution >= 0.6 is 11.6 Å². The van der Waals surface area contributed by atoms with Gasteiger partial charge in [0.15, 0.2) is 5.84 Å². The second-order valence-electron chi connectivity index (χ2n) is 9.39. The number of nitrogens with one attached hydrogen (secondary N) is 2. The van der Waals surface area contributed by atoms with Crippen LogP contribution in [0.4, 0.5) is 11.4 Å². The minimum Gasteiger partial charge on any atom is -0.387 e. The Morgan fingerprint density at radius 2 is 1.80 bits per heavy atom. The van der Waals surface area contributed by atoms with Crippen molar-refractivity contribution in [1.29, 1.82) is 5.41 Å². The molecule has 0 unspecified atom stereocenters. The molecule has 0 aromatic heterocycles. The number of carbonyl (C=O) groups excluding carboxylic acids is 1. The zero-order valence-electron chi connectivity index (χ0n) is 19.9. The first kappa shape index (κ1) is 23.1. The van der Waals surface area contributed by atoms with Gasteiger partial charge < -0.3 is 16.0 Å². The molecule has 1 amide bonds. The Bertz CT molecular complexity index is 1350. The molecule has 1 saturated heterocycles. The van der Waals surface area contributed by atoms with Crippen LogP contribution in [-0.2, 0) is 10.2 Å². The number of hydrogen-bond donors (Lipinski definition) is 3. The molecule has 0 bridgehead atoms. The van der Waals surface area contributed by atoms with E-state index in [1.165, 1.54) is 0 Å². The van der Waals surface area contributed by atoms with Crippen molar-refractivity contribution < 1.29 is 4.79 Å². The first-order chi connectivity index (χ1) is 16.8. The largest absolute Gasteiger partial charge is 0.387 e. The number of anilines is 2. The maximum absolute atomic E-state index is 13.3. The number of benzene rings is 3. The maximum Gasteiger partial charge on any atom is 0.235 e. The number of aliphatic imine (C=N–C) groups is 1. The predicted molar refractivity (Wildman–Crippen MR) is 144 cm³/mol. The Balaban J connectivity index is 1.42. The van der Waals surface area contributed by atoms with Gasteiger partial charge in [-0.2, -0.15) is 0 Å². The third-order valence-corrected chi connectivity index (χ3v) is 7.39. The molecule has 4 N–H and O–H groups in total. The highest BCUT2D eigenvalue weighted by atomic mass is 35.5. The minimum absolute atomic E-state index is 0.0837. The van der Waals surface area contributed by atoms with Crippen LogP contribution in [0.15, 0.2) is 65.7 Å². The molecule has 7 heteroatoms. The van der Waals surface area contributed by atoms with Gasteiger partial charge in [-0.3, -0.25) is 10.2 Å². The van der Waals surface area contributed by atoms with Gasteiger partial charge in [0.25, 0.3) is 0 Å². The molecule has 0 atom stereocenters. The van der Waals surface area contributed by atoms with Crippen molar-refractivity contribution in [3.05, 3.63) is 82.4 Å². The van der Waals surface area contributed by atoms with Gasteiger partial charge in [-0.25, -0.2) is 4.99 Å². The topological polar surface area (TPSA) is 94.6 Å². The van der Waals surface area contributed by atoms with Crippen LogP contribution in [0.1, 0.15) is 36.5 Å². The van der Waals surface area contributed by atoms with Crippen LogP contribution in [0.25, 0.3) is 11.1 Å². The number of nitrogens with two attached hydrogens (primary N) is 1. The van der Waals surface area contributed by atoms with Crippen molar-refractivity contribution >= 4 is 40.6 Å². The SMILES string of the molecule is CC(N)=NC(=N)c1ccc(C)c(-c2ccc3c(c2)NC(=O)C32CCN(c3ccc(Cl)cc3)CC2)c1. The highest BCUT2D eigenvalue weighted by Gasteiger charge is 2.48. The minimum atomic E-state index is -0.497. The van der Waals surface area contributed by atoms with Gasteiger partial charge in [0.2, 0.25) is 5.91 Å². The zero-order valence-corrected chi connectivity index (χ0v) is 20.6. The molecule has 1 spiro atoms. The summed E-state index contributed by atoms with van der Waals surface area (Å²) in [4.78, 5) is 19.7. The molecule has 35 heavy (non-hydrogen) atoms. The Labute approximate surface area is 210 Å². The first-order valence-corrected chi connectivity index (χ1v) is 12.1. The molecule has 3 aromatic carbocycles. The zero-order chi connectivity index (χ0) is 24.7. The highest BCUT2D eigenvalue weighted by Crippen LogP contribution is 2.47. The van der Waals surface area contributed by atoms with Crippen molar-refractivity contribution in [3.63, 3.8) is 0 Å². The number of rotatable bonds is 3. The summed E-state index contributed by atoms with van der Waals surface area (Å²) in [5.74, 6) is 0.567. The molecule has 2 aliphatic rings. The van der Waals surface area contributed by atoms with Gasteiger partial charge in [-0.15, -0.1) is 0 Å². The van der Waals surface area contributed by atoms with E-state index in [4.69, 9.17) is 22.7 Å². The van der Waals surface area contributed by atoms with E-state index in [-0.39, 0.29) is 11.7 Å². The predicted octanol–water partition coefficient (Wildman–Crippen LogP) is 5.51. The lowest BCUT2D eigenvalue weighted by atomic mass is 9.73. The van der Waals surface area contributed by atoms with Crippen LogP contribution < -0.4 is 16.0 Å². The van der Waals surface area contributed by atoms with Crippen molar-refractivity contribution in [1.82, 2.24) is 0 Å². The van der Waals surface area contributed by atoms with E-state index in [1.807, 2.05) is 49.4 Å². The normalized spacial score (nSPS) is 16.8. The van der Waals surface area contributed by atoms with Crippen LogP contribution in [0.5, 0.6) is 0 Å². The number of amidine groups is 2. The summed E-state index contributed by atoms with van der Waals surface area (Å²) in [6, 6.07) is 19.9. The smallest absolute Gasteiger partial charge is 0.235 e. The summed E-state index contributed by atoms with van der Waals surface area (Å²) in [5, 5.41) is 12.1. The van der Waals surface area contributed by atoms with Crippen molar-refractivity contribution in [2.24, 2.45) is 10.7 Å². The highest BCUT2D eigenvalue weighted by molar-refractivity contribution is 6.30. The fourth-order valence-corrected chi connectivity index (χ4v) is 5.34. The second-order valence-corrected chi connectivity index (χ2v) is 9.83. The Kier molecular flexibility index (Phi) is 5.85. The molecule has 5 rings (SSSR count). The van der Waals surface area contributed by atoms with Crippen LogP contribution in [0, 0.1) is 12.3 Å². The van der Waals surface area contributed by atoms with Gasteiger partial charge in [0.05, 0.1) is 11.3 Å². The lowest BCUT2D eigenvalue weighted by Crippen LogP contribution is -2.46. The second kappa shape index (κ2) is 8.86. The summed E-state index contributed by atoms with van der Waals surface area (Å²) >= 11 is 6.04. The number of aryl methyl sites for hydroxylation is 1.